The van der Waals surface area contributed by atoms with Crippen LogP contribution < -0.4 is 5.32 Å². The van der Waals surface area contributed by atoms with Crippen LogP contribution in [0, 0.1) is 5.92 Å². The van der Waals surface area contributed by atoms with Gasteiger partial charge in [-0.05, 0) is 50.8 Å². The summed E-state index contributed by atoms with van der Waals surface area (Å²) in [6.45, 7) is 4.55. The molecule has 1 aliphatic rings. The lowest BCUT2D eigenvalue weighted by Gasteiger charge is -2.22. The van der Waals surface area contributed by atoms with Gasteiger partial charge < -0.3 is 10.1 Å². The number of ether oxygens (including phenoxy) is 1. The number of rotatable bonds is 5. The van der Waals surface area contributed by atoms with Crippen molar-refractivity contribution < 1.29 is 4.74 Å². The summed E-state index contributed by atoms with van der Waals surface area (Å²) in [5.74, 6) is 2.08. The molecular formula is C12H23NO. The predicted octanol–water partition coefficient (Wildman–Crippen LogP) is 2.71. The molecule has 0 amide bonds. The average molecular weight is 197 g/mol. The first-order valence-corrected chi connectivity index (χ1v) is 5.80. The number of piperidine rings is 1. The van der Waals surface area contributed by atoms with E-state index in [-0.39, 0.29) is 0 Å². The zero-order valence-corrected chi connectivity index (χ0v) is 9.51. The summed E-state index contributed by atoms with van der Waals surface area (Å²) in [7, 11) is 1.78. The molecule has 0 atom stereocenters. The third-order valence-corrected chi connectivity index (χ3v) is 2.95. The number of methoxy groups -OCH3 is 1. The largest absolute Gasteiger partial charge is 0.501 e. The average Bonchev–Trinajstić information content (AvgIpc) is 2.25. The highest BCUT2D eigenvalue weighted by molar-refractivity contribution is 4.92. The van der Waals surface area contributed by atoms with E-state index in [0.29, 0.717) is 0 Å². The lowest BCUT2D eigenvalue weighted by atomic mass is 9.93. The van der Waals surface area contributed by atoms with E-state index in [4.69, 9.17) is 4.74 Å². The third kappa shape index (κ3) is 4.14. The van der Waals surface area contributed by atoms with Crippen molar-refractivity contribution in [2.24, 2.45) is 5.92 Å². The van der Waals surface area contributed by atoms with Gasteiger partial charge in [-0.25, -0.2) is 0 Å². The number of hydrogen-bond donors (Lipinski definition) is 1. The molecule has 0 aromatic heterocycles. The van der Waals surface area contributed by atoms with E-state index < -0.39 is 0 Å². The van der Waals surface area contributed by atoms with Gasteiger partial charge in [0.25, 0.3) is 0 Å². The molecule has 2 heteroatoms. The molecular weight excluding hydrogens is 174 g/mol. The van der Waals surface area contributed by atoms with Crippen LogP contribution in [0.1, 0.15) is 39.0 Å². The molecule has 1 saturated heterocycles. The Hall–Kier alpha value is -0.500. The SMILES string of the molecule is CCC=C(CCC1CCNCC1)OC. The molecule has 14 heavy (non-hydrogen) atoms. The standard InChI is InChI=1S/C12H23NO/c1-3-4-12(14-2)6-5-11-7-9-13-10-8-11/h4,11,13H,3,5-10H2,1-2H3. The summed E-state index contributed by atoms with van der Waals surface area (Å²) in [6, 6.07) is 0. The molecule has 0 spiro atoms. The maximum atomic E-state index is 5.33. The molecule has 0 bridgehead atoms. The fourth-order valence-corrected chi connectivity index (χ4v) is 2.03. The minimum absolute atomic E-state index is 0.909. The third-order valence-electron chi connectivity index (χ3n) is 2.95. The molecule has 1 N–H and O–H groups in total. The summed E-state index contributed by atoms with van der Waals surface area (Å²) in [5.41, 5.74) is 0. The van der Waals surface area contributed by atoms with E-state index in [2.05, 4.69) is 18.3 Å². The van der Waals surface area contributed by atoms with Crippen LogP contribution in [0.2, 0.25) is 0 Å². The summed E-state index contributed by atoms with van der Waals surface area (Å²) in [5, 5.41) is 3.40. The van der Waals surface area contributed by atoms with Crippen LogP contribution in [0.15, 0.2) is 11.8 Å². The van der Waals surface area contributed by atoms with Crippen LogP contribution in [-0.2, 0) is 4.74 Å². The monoisotopic (exact) mass is 197 g/mol. The maximum Gasteiger partial charge on any atom is 0.0915 e. The van der Waals surface area contributed by atoms with E-state index >= 15 is 0 Å². The van der Waals surface area contributed by atoms with Crippen molar-refractivity contribution in [3.05, 3.63) is 11.8 Å². The minimum atomic E-state index is 0.909. The van der Waals surface area contributed by atoms with Crippen molar-refractivity contribution >= 4 is 0 Å². The highest BCUT2D eigenvalue weighted by Gasteiger charge is 2.13. The first-order valence-electron chi connectivity index (χ1n) is 5.80. The molecule has 1 heterocycles. The smallest absolute Gasteiger partial charge is 0.0915 e. The highest BCUT2D eigenvalue weighted by Crippen LogP contribution is 2.20. The Bertz CT molecular complexity index is 171. The Morgan fingerprint density at radius 3 is 2.71 bits per heavy atom. The Labute approximate surface area is 87.7 Å². The normalized spacial score (nSPS) is 19.7. The van der Waals surface area contributed by atoms with Gasteiger partial charge in [0.1, 0.15) is 0 Å². The van der Waals surface area contributed by atoms with E-state index in [1.807, 2.05) is 0 Å². The second kappa shape index (κ2) is 6.88. The molecule has 0 saturated carbocycles. The van der Waals surface area contributed by atoms with Gasteiger partial charge in [0.15, 0.2) is 0 Å². The molecule has 0 radical (unpaired) electrons. The van der Waals surface area contributed by atoms with Crippen LogP contribution in [0.3, 0.4) is 0 Å². The van der Waals surface area contributed by atoms with E-state index in [9.17, 15) is 0 Å². The van der Waals surface area contributed by atoms with Gasteiger partial charge in [-0.2, -0.15) is 0 Å². The van der Waals surface area contributed by atoms with Crippen LogP contribution in [0.5, 0.6) is 0 Å². The molecule has 0 aromatic carbocycles. The van der Waals surface area contributed by atoms with Gasteiger partial charge >= 0.3 is 0 Å². The lowest BCUT2D eigenvalue weighted by Crippen LogP contribution is -2.27. The van der Waals surface area contributed by atoms with Crippen molar-refractivity contribution in [1.82, 2.24) is 5.32 Å². The zero-order chi connectivity index (χ0) is 10.2. The van der Waals surface area contributed by atoms with E-state index in [1.54, 1.807) is 7.11 Å². The van der Waals surface area contributed by atoms with Gasteiger partial charge in [-0.1, -0.05) is 6.92 Å². The van der Waals surface area contributed by atoms with E-state index in [1.165, 1.54) is 38.1 Å². The first-order chi connectivity index (χ1) is 6.86. The molecule has 0 unspecified atom stereocenters. The summed E-state index contributed by atoms with van der Waals surface area (Å²) < 4.78 is 5.33. The van der Waals surface area contributed by atoms with Gasteiger partial charge in [-0.15, -0.1) is 0 Å². The Morgan fingerprint density at radius 2 is 2.14 bits per heavy atom. The van der Waals surface area contributed by atoms with Crippen molar-refractivity contribution in [3.8, 4) is 0 Å². The van der Waals surface area contributed by atoms with Crippen LogP contribution in [-0.4, -0.2) is 20.2 Å². The minimum Gasteiger partial charge on any atom is -0.501 e. The quantitative estimate of drug-likeness (QED) is 0.684. The Balaban J connectivity index is 2.20. The van der Waals surface area contributed by atoms with Gasteiger partial charge in [-0.3, -0.25) is 0 Å². The molecule has 0 aromatic rings. The summed E-state index contributed by atoms with van der Waals surface area (Å²) in [6.07, 6.45) is 8.36. The second-order valence-electron chi connectivity index (χ2n) is 4.01. The number of nitrogens with one attached hydrogen (secondary N) is 1. The van der Waals surface area contributed by atoms with Crippen molar-refractivity contribution in [1.29, 1.82) is 0 Å². The zero-order valence-electron chi connectivity index (χ0n) is 9.51. The first kappa shape index (κ1) is 11.6. The molecule has 1 aliphatic heterocycles. The topological polar surface area (TPSA) is 21.3 Å². The van der Waals surface area contributed by atoms with Crippen LogP contribution in [0.4, 0.5) is 0 Å². The summed E-state index contributed by atoms with van der Waals surface area (Å²) in [4.78, 5) is 0. The van der Waals surface area contributed by atoms with Crippen LogP contribution >= 0.6 is 0 Å². The van der Waals surface area contributed by atoms with Crippen molar-refractivity contribution in [2.45, 2.75) is 39.0 Å². The molecule has 1 fully saturated rings. The predicted molar refractivity (Wildman–Crippen MR) is 60.2 cm³/mol. The Kier molecular flexibility index (Phi) is 5.69. The van der Waals surface area contributed by atoms with E-state index in [0.717, 1.165) is 18.8 Å². The lowest BCUT2D eigenvalue weighted by molar-refractivity contribution is 0.257. The van der Waals surface area contributed by atoms with Gasteiger partial charge in [0.2, 0.25) is 0 Å². The van der Waals surface area contributed by atoms with Crippen molar-refractivity contribution in [3.63, 3.8) is 0 Å². The number of allylic oxidation sites excluding steroid dienone is 2. The fraction of sp³-hybridized carbons (Fsp3) is 0.833. The molecule has 82 valence electrons. The Morgan fingerprint density at radius 1 is 1.43 bits per heavy atom. The number of hydrogen-bond acceptors (Lipinski definition) is 2. The highest BCUT2D eigenvalue weighted by atomic mass is 16.5. The fourth-order valence-electron chi connectivity index (χ4n) is 2.03. The summed E-state index contributed by atoms with van der Waals surface area (Å²) >= 11 is 0. The molecule has 1 rings (SSSR count). The van der Waals surface area contributed by atoms with Gasteiger partial charge in [0.05, 0.1) is 12.9 Å². The van der Waals surface area contributed by atoms with Gasteiger partial charge in [0, 0.05) is 6.42 Å². The molecule has 0 aliphatic carbocycles. The second-order valence-corrected chi connectivity index (χ2v) is 4.01. The molecule has 2 nitrogen and oxygen atoms in total. The maximum absolute atomic E-state index is 5.33. The van der Waals surface area contributed by atoms with Crippen LogP contribution in [0.25, 0.3) is 0 Å². The van der Waals surface area contributed by atoms with Crippen molar-refractivity contribution in [2.75, 3.05) is 20.2 Å².